The van der Waals surface area contributed by atoms with E-state index in [0.717, 1.165) is 44.9 Å². The number of hydrogen-bond acceptors (Lipinski definition) is 5. The summed E-state index contributed by atoms with van der Waals surface area (Å²) >= 11 is 0. The highest BCUT2D eigenvalue weighted by atomic mass is 16.6. The third-order valence-electron chi connectivity index (χ3n) is 15.4. The van der Waals surface area contributed by atoms with Crippen LogP contribution in [-0.2, 0) is 19.1 Å². The van der Waals surface area contributed by atoms with Crippen molar-refractivity contribution in [3.63, 3.8) is 0 Å². The van der Waals surface area contributed by atoms with Gasteiger partial charge in [-0.15, -0.1) is 0 Å². The molecule has 0 bridgehead atoms. The van der Waals surface area contributed by atoms with Crippen LogP contribution in [0.15, 0.2) is 36.5 Å². The molecular formula is C69H130O5. The van der Waals surface area contributed by atoms with Crippen LogP contribution in [0.4, 0.5) is 0 Å². The van der Waals surface area contributed by atoms with E-state index < -0.39 is 6.10 Å². The van der Waals surface area contributed by atoms with Crippen molar-refractivity contribution >= 4 is 11.9 Å². The fourth-order valence-electron chi connectivity index (χ4n) is 10.4. The van der Waals surface area contributed by atoms with Gasteiger partial charge in [0.15, 0.2) is 6.10 Å². The summed E-state index contributed by atoms with van der Waals surface area (Å²) in [5, 5.41) is 9.69. The standard InChI is InChI=1S/C69H130O5/c1-3-5-7-9-11-13-15-17-19-21-23-25-27-29-30-31-32-33-34-35-36-37-38-40-42-44-46-48-50-52-54-56-58-60-62-64-69(72)74-67(65-70)66-73-68(71)63-61-59-57-55-53-51-49-47-45-43-41-39-28-26-24-22-20-18-16-14-12-10-8-6-4-2/h15,17,21-24,67,70H,3-14,16,18-20,25-66H2,1-2H3/b17-15-,23-21-,24-22-. The molecule has 436 valence electrons. The van der Waals surface area contributed by atoms with Gasteiger partial charge in [-0.05, 0) is 70.6 Å². The molecule has 0 aliphatic rings. The van der Waals surface area contributed by atoms with E-state index in [0.29, 0.717) is 12.8 Å². The highest BCUT2D eigenvalue weighted by Crippen LogP contribution is 2.18. The summed E-state index contributed by atoms with van der Waals surface area (Å²) in [6, 6.07) is 0. The lowest BCUT2D eigenvalue weighted by molar-refractivity contribution is -0.161. The second-order valence-electron chi connectivity index (χ2n) is 22.9. The van der Waals surface area contributed by atoms with Crippen molar-refractivity contribution < 1.29 is 24.2 Å². The van der Waals surface area contributed by atoms with Crippen molar-refractivity contribution in [1.82, 2.24) is 0 Å². The van der Waals surface area contributed by atoms with Gasteiger partial charge in [0.2, 0.25) is 0 Å². The number of esters is 2. The van der Waals surface area contributed by atoms with Gasteiger partial charge in [-0.3, -0.25) is 9.59 Å². The first-order valence-corrected chi connectivity index (χ1v) is 33.5. The number of rotatable bonds is 63. The fraction of sp³-hybridized carbons (Fsp3) is 0.884. The first-order chi connectivity index (χ1) is 36.6. The highest BCUT2D eigenvalue weighted by molar-refractivity contribution is 5.70. The van der Waals surface area contributed by atoms with E-state index in [9.17, 15) is 14.7 Å². The smallest absolute Gasteiger partial charge is 0.306 e. The molecule has 0 amide bonds. The SMILES string of the molecule is CCCCCCC/C=C\C/C=C\CCCCCCCCCCCCCCCCCCCCCCCCCC(=O)OC(CO)COC(=O)CCCCCCCCCCCCCCC/C=C\CCCCCCCCCC. The van der Waals surface area contributed by atoms with E-state index in [2.05, 4.69) is 50.3 Å². The second-order valence-corrected chi connectivity index (χ2v) is 22.9. The first kappa shape index (κ1) is 72.1. The van der Waals surface area contributed by atoms with Crippen molar-refractivity contribution in [3.8, 4) is 0 Å². The molecule has 74 heavy (non-hydrogen) atoms. The van der Waals surface area contributed by atoms with Gasteiger partial charge in [0.25, 0.3) is 0 Å². The normalized spacial score (nSPS) is 12.3. The number of aliphatic hydroxyl groups excluding tert-OH is 1. The average Bonchev–Trinajstić information content (AvgIpc) is 3.40. The molecule has 0 saturated carbocycles. The van der Waals surface area contributed by atoms with E-state index in [1.165, 1.54) is 302 Å². The lowest BCUT2D eigenvalue weighted by atomic mass is 10.0. The van der Waals surface area contributed by atoms with E-state index in [4.69, 9.17) is 9.47 Å². The van der Waals surface area contributed by atoms with Crippen LogP contribution in [0.5, 0.6) is 0 Å². The topological polar surface area (TPSA) is 72.8 Å². The third-order valence-corrected chi connectivity index (χ3v) is 15.4. The maximum Gasteiger partial charge on any atom is 0.306 e. The Morgan fingerprint density at radius 3 is 0.811 bits per heavy atom. The predicted octanol–water partition coefficient (Wildman–Crippen LogP) is 23.0. The molecule has 5 heteroatoms. The van der Waals surface area contributed by atoms with E-state index >= 15 is 0 Å². The van der Waals surface area contributed by atoms with Crippen LogP contribution >= 0.6 is 0 Å². The third kappa shape index (κ3) is 62.7. The maximum absolute atomic E-state index is 12.4. The largest absolute Gasteiger partial charge is 0.462 e. The van der Waals surface area contributed by atoms with Gasteiger partial charge in [-0.25, -0.2) is 0 Å². The molecule has 0 aliphatic carbocycles. The zero-order chi connectivity index (χ0) is 53.4. The minimum Gasteiger partial charge on any atom is -0.462 e. The zero-order valence-electron chi connectivity index (χ0n) is 50.1. The Bertz CT molecular complexity index is 1170. The van der Waals surface area contributed by atoms with Crippen molar-refractivity contribution in [2.24, 2.45) is 0 Å². The summed E-state index contributed by atoms with van der Waals surface area (Å²) in [4.78, 5) is 24.6. The quantitative estimate of drug-likeness (QED) is 0.0373. The minimum atomic E-state index is -0.770. The summed E-state index contributed by atoms with van der Waals surface area (Å²) in [6.45, 7) is 4.19. The zero-order valence-corrected chi connectivity index (χ0v) is 50.1. The van der Waals surface area contributed by atoms with E-state index in [-0.39, 0.29) is 25.2 Å². The average molecular weight is 1040 g/mol. The van der Waals surface area contributed by atoms with Crippen molar-refractivity contribution in [3.05, 3.63) is 36.5 Å². The summed E-state index contributed by atoms with van der Waals surface area (Å²) < 4.78 is 10.8. The van der Waals surface area contributed by atoms with Crippen LogP contribution in [0.1, 0.15) is 373 Å². The van der Waals surface area contributed by atoms with Crippen LogP contribution in [0, 0.1) is 0 Å². The molecule has 0 rings (SSSR count). The number of carbonyl (C=O) groups is 2. The molecule has 0 spiro atoms. The Morgan fingerprint density at radius 1 is 0.311 bits per heavy atom. The molecule has 1 atom stereocenters. The minimum absolute atomic E-state index is 0.0599. The molecule has 0 saturated heterocycles. The predicted molar refractivity (Wildman–Crippen MR) is 325 cm³/mol. The van der Waals surface area contributed by atoms with Gasteiger partial charge < -0.3 is 14.6 Å². The number of unbranched alkanes of at least 4 members (excludes halogenated alkanes) is 49. The van der Waals surface area contributed by atoms with Crippen molar-refractivity contribution in [2.45, 2.75) is 380 Å². The molecule has 5 nitrogen and oxygen atoms in total. The summed E-state index contributed by atoms with van der Waals surface area (Å²) in [7, 11) is 0. The van der Waals surface area contributed by atoms with Gasteiger partial charge in [-0.2, -0.15) is 0 Å². The molecule has 0 aliphatic heterocycles. The van der Waals surface area contributed by atoms with Gasteiger partial charge in [-0.1, -0.05) is 326 Å². The highest BCUT2D eigenvalue weighted by Gasteiger charge is 2.16. The Morgan fingerprint density at radius 2 is 0.541 bits per heavy atom. The van der Waals surface area contributed by atoms with E-state index in [1.54, 1.807) is 0 Å². The van der Waals surface area contributed by atoms with Gasteiger partial charge in [0.05, 0.1) is 6.61 Å². The van der Waals surface area contributed by atoms with Gasteiger partial charge in [0.1, 0.15) is 6.61 Å². The Balaban J connectivity index is 3.39. The Kier molecular flexibility index (Phi) is 63.7. The van der Waals surface area contributed by atoms with Crippen LogP contribution in [0.25, 0.3) is 0 Å². The molecule has 1 N–H and O–H groups in total. The maximum atomic E-state index is 12.4. The number of hydrogen-bond donors (Lipinski definition) is 1. The first-order valence-electron chi connectivity index (χ1n) is 33.5. The Hall–Kier alpha value is -1.88. The molecule has 0 heterocycles. The van der Waals surface area contributed by atoms with Crippen molar-refractivity contribution in [2.75, 3.05) is 13.2 Å². The molecular weight excluding hydrogens is 909 g/mol. The van der Waals surface area contributed by atoms with Crippen LogP contribution in [0.2, 0.25) is 0 Å². The molecule has 0 aromatic heterocycles. The molecule has 0 aromatic rings. The summed E-state index contributed by atoms with van der Waals surface area (Å²) in [5.74, 6) is -0.568. The molecule has 0 fully saturated rings. The molecule has 0 aromatic carbocycles. The lowest BCUT2D eigenvalue weighted by Crippen LogP contribution is -2.28. The summed E-state index contributed by atoms with van der Waals surface area (Å²) in [6.07, 6.45) is 86.0. The molecule has 0 radical (unpaired) electrons. The van der Waals surface area contributed by atoms with E-state index in [1.807, 2.05) is 0 Å². The van der Waals surface area contributed by atoms with Crippen LogP contribution < -0.4 is 0 Å². The fourth-order valence-corrected chi connectivity index (χ4v) is 10.4. The number of aliphatic hydroxyl groups is 1. The number of ether oxygens (including phenoxy) is 2. The van der Waals surface area contributed by atoms with Crippen LogP contribution in [-0.4, -0.2) is 36.4 Å². The monoisotopic (exact) mass is 1040 g/mol. The molecule has 1 unspecified atom stereocenters. The lowest BCUT2D eigenvalue weighted by Gasteiger charge is -2.15. The summed E-state index contributed by atoms with van der Waals surface area (Å²) in [5.41, 5.74) is 0. The van der Waals surface area contributed by atoms with Crippen LogP contribution in [0.3, 0.4) is 0 Å². The van der Waals surface area contributed by atoms with Gasteiger partial charge in [0, 0.05) is 12.8 Å². The van der Waals surface area contributed by atoms with Gasteiger partial charge >= 0.3 is 11.9 Å². The second kappa shape index (κ2) is 65.4. The Labute approximate surface area is 463 Å². The number of allylic oxidation sites excluding steroid dienone is 6. The van der Waals surface area contributed by atoms with Crippen molar-refractivity contribution in [1.29, 1.82) is 0 Å². The number of carbonyl (C=O) groups excluding carboxylic acids is 2.